The van der Waals surface area contributed by atoms with Crippen LogP contribution in [-0.4, -0.2) is 24.4 Å². The molecule has 0 saturated carbocycles. The fourth-order valence-electron chi connectivity index (χ4n) is 3.56. The molecule has 0 amide bonds. The molecule has 2 aliphatic heterocycles. The van der Waals surface area contributed by atoms with Gasteiger partial charge < -0.3 is 15.2 Å². The monoisotopic (exact) mass is 329 g/mol. The van der Waals surface area contributed by atoms with Crippen LogP contribution in [0.2, 0.25) is 10.0 Å². The van der Waals surface area contributed by atoms with Gasteiger partial charge in [0.2, 0.25) is 0 Å². The Morgan fingerprint density at radius 3 is 2.86 bits per heavy atom. The van der Waals surface area contributed by atoms with E-state index in [2.05, 4.69) is 5.32 Å². The second-order valence-electron chi connectivity index (χ2n) is 5.89. The van der Waals surface area contributed by atoms with Crippen molar-refractivity contribution < 1.29 is 9.84 Å². The molecule has 1 saturated heterocycles. The molecule has 2 aliphatic rings. The number of aliphatic hydroxyl groups is 1. The number of hydrogen-bond donors (Lipinski definition) is 2. The third-order valence-corrected chi connectivity index (χ3v) is 5.21. The standard InChI is InChI=1S/C16H21Cl2NO2/c17-11-6-7-12(18)15-14(11)16-10(4-3-9-21-16)13(19-15)5-1-2-8-20/h6-7,10,13,16,19-20H,1-5,8-9H2/t10-,13+,16-/m0/s1. The summed E-state index contributed by atoms with van der Waals surface area (Å²) in [6.45, 7) is 1.04. The van der Waals surface area contributed by atoms with Crippen LogP contribution in [0.4, 0.5) is 5.69 Å². The van der Waals surface area contributed by atoms with Crippen molar-refractivity contribution in [2.75, 3.05) is 18.5 Å². The number of aliphatic hydroxyl groups excluding tert-OH is 1. The summed E-state index contributed by atoms with van der Waals surface area (Å²) in [6.07, 6.45) is 5.14. The van der Waals surface area contributed by atoms with Crippen LogP contribution in [-0.2, 0) is 4.74 Å². The van der Waals surface area contributed by atoms with Gasteiger partial charge in [0.1, 0.15) is 0 Å². The molecule has 3 rings (SSSR count). The van der Waals surface area contributed by atoms with E-state index in [9.17, 15) is 0 Å². The summed E-state index contributed by atoms with van der Waals surface area (Å²) in [7, 11) is 0. The average Bonchev–Trinajstić information content (AvgIpc) is 2.51. The minimum Gasteiger partial charge on any atom is -0.396 e. The molecule has 3 nitrogen and oxygen atoms in total. The Balaban J connectivity index is 1.91. The molecule has 1 aromatic rings. The fourth-order valence-corrected chi connectivity index (χ4v) is 4.05. The van der Waals surface area contributed by atoms with Crippen molar-refractivity contribution in [1.82, 2.24) is 0 Å². The van der Waals surface area contributed by atoms with Crippen molar-refractivity contribution in [3.8, 4) is 0 Å². The van der Waals surface area contributed by atoms with E-state index < -0.39 is 0 Å². The van der Waals surface area contributed by atoms with E-state index >= 15 is 0 Å². The van der Waals surface area contributed by atoms with Gasteiger partial charge in [-0.3, -0.25) is 0 Å². The number of nitrogens with one attached hydrogen (secondary N) is 1. The summed E-state index contributed by atoms with van der Waals surface area (Å²) in [5.41, 5.74) is 1.95. The van der Waals surface area contributed by atoms with E-state index in [1.807, 2.05) is 12.1 Å². The normalized spacial score (nSPS) is 27.7. The molecule has 0 bridgehead atoms. The van der Waals surface area contributed by atoms with Crippen molar-refractivity contribution in [2.24, 2.45) is 5.92 Å². The first kappa shape index (κ1) is 15.4. The van der Waals surface area contributed by atoms with Gasteiger partial charge in [-0.2, -0.15) is 0 Å². The average molecular weight is 330 g/mol. The van der Waals surface area contributed by atoms with Crippen LogP contribution < -0.4 is 5.32 Å². The zero-order valence-electron chi connectivity index (χ0n) is 11.9. The number of anilines is 1. The first-order chi connectivity index (χ1) is 10.2. The lowest BCUT2D eigenvalue weighted by molar-refractivity contribution is -0.0386. The van der Waals surface area contributed by atoms with Crippen LogP contribution in [0.3, 0.4) is 0 Å². The Morgan fingerprint density at radius 2 is 2.05 bits per heavy atom. The Morgan fingerprint density at radius 1 is 1.24 bits per heavy atom. The van der Waals surface area contributed by atoms with E-state index in [-0.39, 0.29) is 12.7 Å². The molecule has 1 aromatic carbocycles. The van der Waals surface area contributed by atoms with Gasteiger partial charge in [0.25, 0.3) is 0 Å². The van der Waals surface area contributed by atoms with Crippen molar-refractivity contribution >= 4 is 28.9 Å². The molecule has 0 radical (unpaired) electrons. The van der Waals surface area contributed by atoms with Crippen molar-refractivity contribution in [3.05, 3.63) is 27.7 Å². The second kappa shape index (κ2) is 6.74. The Bertz CT molecular complexity index is 509. The van der Waals surface area contributed by atoms with E-state index in [4.69, 9.17) is 33.0 Å². The molecule has 3 atom stereocenters. The van der Waals surface area contributed by atoms with Crippen molar-refractivity contribution in [2.45, 2.75) is 44.2 Å². The maximum absolute atomic E-state index is 8.98. The molecule has 0 aromatic heterocycles. The molecule has 2 heterocycles. The molecule has 116 valence electrons. The predicted molar refractivity (Wildman–Crippen MR) is 86.2 cm³/mol. The summed E-state index contributed by atoms with van der Waals surface area (Å²) >= 11 is 12.8. The summed E-state index contributed by atoms with van der Waals surface area (Å²) < 4.78 is 6.05. The van der Waals surface area contributed by atoms with Crippen LogP contribution in [0.25, 0.3) is 0 Å². The van der Waals surface area contributed by atoms with Crippen LogP contribution in [0, 0.1) is 5.92 Å². The fraction of sp³-hybridized carbons (Fsp3) is 0.625. The summed E-state index contributed by atoms with van der Waals surface area (Å²) in [5.74, 6) is 0.431. The summed E-state index contributed by atoms with van der Waals surface area (Å²) in [6, 6.07) is 4.03. The van der Waals surface area contributed by atoms with E-state index in [1.54, 1.807) is 0 Å². The Labute approximate surface area is 135 Å². The summed E-state index contributed by atoms with van der Waals surface area (Å²) in [5, 5.41) is 14.0. The first-order valence-electron chi connectivity index (χ1n) is 7.69. The van der Waals surface area contributed by atoms with Gasteiger partial charge in [0, 0.05) is 35.8 Å². The highest BCUT2D eigenvalue weighted by Gasteiger charge is 2.40. The lowest BCUT2D eigenvalue weighted by Crippen LogP contribution is -2.41. The van der Waals surface area contributed by atoms with Gasteiger partial charge in [-0.25, -0.2) is 0 Å². The smallest absolute Gasteiger partial charge is 0.0907 e. The largest absolute Gasteiger partial charge is 0.396 e. The highest BCUT2D eigenvalue weighted by Crippen LogP contribution is 2.49. The predicted octanol–water partition coefficient (Wildman–Crippen LogP) is 4.42. The molecular weight excluding hydrogens is 309 g/mol. The first-order valence-corrected chi connectivity index (χ1v) is 8.45. The molecule has 2 N–H and O–H groups in total. The number of unbranched alkanes of at least 4 members (excludes halogenated alkanes) is 1. The molecular formula is C16H21Cl2NO2. The quantitative estimate of drug-likeness (QED) is 0.803. The maximum Gasteiger partial charge on any atom is 0.0907 e. The topological polar surface area (TPSA) is 41.5 Å². The number of hydrogen-bond acceptors (Lipinski definition) is 3. The van der Waals surface area contributed by atoms with Crippen molar-refractivity contribution in [3.63, 3.8) is 0 Å². The van der Waals surface area contributed by atoms with E-state index in [0.29, 0.717) is 17.0 Å². The lowest BCUT2D eigenvalue weighted by atomic mass is 9.78. The third-order valence-electron chi connectivity index (χ3n) is 4.56. The number of fused-ring (bicyclic) bond motifs is 3. The molecule has 1 fully saturated rings. The number of halogens is 2. The van der Waals surface area contributed by atoms with Gasteiger partial charge >= 0.3 is 0 Å². The highest BCUT2D eigenvalue weighted by atomic mass is 35.5. The lowest BCUT2D eigenvalue weighted by Gasteiger charge is -2.44. The SMILES string of the molecule is OCCCC[C@H]1Nc2c(Cl)ccc(Cl)c2[C@H]2OCCC[C@H]21. The molecule has 0 unspecified atom stereocenters. The molecule has 5 heteroatoms. The van der Waals surface area contributed by atoms with Gasteiger partial charge in [0.15, 0.2) is 0 Å². The minimum absolute atomic E-state index is 0.0420. The maximum atomic E-state index is 8.98. The number of ether oxygens (including phenoxy) is 1. The van der Waals surface area contributed by atoms with Gasteiger partial charge in [-0.15, -0.1) is 0 Å². The molecule has 21 heavy (non-hydrogen) atoms. The van der Waals surface area contributed by atoms with Crippen LogP contribution in [0.5, 0.6) is 0 Å². The molecule has 0 aliphatic carbocycles. The van der Waals surface area contributed by atoms with Gasteiger partial charge in [-0.1, -0.05) is 23.2 Å². The zero-order valence-corrected chi connectivity index (χ0v) is 13.5. The number of rotatable bonds is 4. The summed E-state index contributed by atoms with van der Waals surface area (Å²) in [4.78, 5) is 0. The molecule has 0 spiro atoms. The Kier molecular flexibility index (Phi) is 4.95. The minimum atomic E-state index is 0.0420. The van der Waals surface area contributed by atoms with Gasteiger partial charge in [0.05, 0.1) is 16.8 Å². The van der Waals surface area contributed by atoms with E-state index in [0.717, 1.165) is 55.0 Å². The third kappa shape index (κ3) is 3.02. The van der Waals surface area contributed by atoms with Gasteiger partial charge in [-0.05, 0) is 44.2 Å². The Hall–Kier alpha value is -0.480. The van der Waals surface area contributed by atoms with Crippen molar-refractivity contribution in [1.29, 1.82) is 0 Å². The van der Waals surface area contributed by atoms with Crippen LogP contribution in [0.15, 0.2) is 12.1 Å². The van der Waals surface area contributed by atoms with E-state index in [1.165, 1.54) is 0 Å². The van der Waals surface area contributed by atoms with Crippen LogP contribution in [0.1, 0.15) is 43.8 Å². The van der Waals surface area contributed by atoms with Crippen LogP contribution >= 0.6 is 23.2 Å². The number of benzene rings is 1. The second-order valence-corrected chi connectivity index (χ2v) is 6.70. The zero-order chi connectivity index (χ0) is 14.8. The highest BCUT2D eigenvalue weighted by molar-refractivity contribution is 6.36.